The first kappa shape index (κ1) is 6.84. The molecule has 0 fully saturated rings. The average Bonchev–Trinajstić information content (AvgIpc) is 2.53. The van der Waals surface area contributed by atoms with E-state index in [2.05, 4.69) is 10.4 Å². The maximum Gasteiger partial charge on any atom is 0.281 e. The standard InChI is InChI=1S/C8H6N2O2/c11-8-7(12-10-9-8)6-4-2-1-3-5-6/h1-5,11H. The maximum absolute atomic E-state index is 9.14. The predicted molar refractivity (Wildman–Crippen MR) is 41.4 cm³/mol. The van der Waals surface area contributed by atoms with Gasteiger partial charge < -0.3 is 9.63 Å². The molecule has 60 valence electrons. The highest BCUT2D eigenvalue weighted by Gasteiger charge is 2.09. The van der Waals surface area contributed by atoms with Crippen LogP contribution in [0.3, 0.4) is 0 Å². The van der Waals surface area contributed by atoms with Crippen molar-refractivity contribution in [1.29, 1.82) is 0 Å². The summed E-state index contributed by atoms with van der Waals surface area (Å²) in [6, 6.07) is 9.18. The molecule has 12 heavy (non-hydrogen) atoms. The monoisotopic (exact) mass is 162 g/mol. The molecule has 4 nitrogen and oxygen atoms in total. The van der Waals surface area contributed by atoms with Crippen molar-refractivity contribution in [2.45, 2.75) is 0 Å². The number of aromatic hydroxyl groups is 1. The summed E-state index contributed by atoms with van der Waals surface area (Å²) in [6.07, 6.45) is 0. The Bertz CT molecular complexity index is 370. The minimum absolute atomic E-state index is 0.179. The summed E-state index contributed by atoms with van der Waals surface area (Å²) < 4.78 is 4.74. The first-order valence-electron chi connectivity index (χ1n) is 3.44. The van der Waals surface area contributed by atoms with Crippen LogP contribution in [0.4, 0.5) is 0 Å². The number of hydrogen-bond donors (Lipinski definition) is 1. The van der Waals surface area contributed by atoms with Gasteiger partial charge in [0, 0.05) is 10.8 Å². The third-order valence-electron chi connectivity index (χ3n) is 1.51. The third kappa shape index (κ3) is 1.03. The fraction of sp³-hybridized carbons (Fsp3) is 0. The number of aromatic nitrogens is 2. The van der Waals surface area contributed by atoms with Crippen LogP contribution in [0.5, 0.6) is 5.88 Å². The molecule has 2 rings (SSSR count). The summed E-state index contributed by atoms with van der Waals surface area (Å²) in [7, 11) is 0. The van der Waals surface area contributed by atoms with E-state index in [4.69, 9.17) is 9.63 Å². The van der Waals surface area contributed by atoms with Crippen molar-refractivity contribution in [1.82, 2.24) is 10.4 Å². The van der Waals surface area contributed by atoms with Gasteiger partial charge in [0.1, 0.15) is 0 Å². The molecule has 1 heterocycles. The molecule has 1 aromatic heterocycles. The molecule has 0 unspecified atom stereocenters. The van der Waals surface area contributed by atoms with Crippen molar-refractivity contribution in [3.05, 3.63) is 30.3 Å². The first-order valence-corrected chi connectivity index (χ1v) is 3.44. The average molecular weight is 162 g/mol. The molecule has 0 aliphatic rings. The molecule has 4 heteroatoms. The van der Waals surface area contributed by atoms with Crippen molar-refractivity contribution in [2.24, 2.45) is 0 Å². The van der Waals surface area contributed by atoms with E-state index in [1.807, 2.05) is 30.3 Å². The van der Waals surface area contributed by atoms with Gasteiger partial charge in [-0.25, -0.2) is 0 Å². The summed E-state index contributed by atoms with van der Waals surface area (Å²) >= 11 is 0. The smallest absolute Gasteiger partial charge is 0.281 e. The molecular formula is C8H6N2O2. The minimum Gasteiger partial charge on any atom is -0.489 e. The van der Waals surface area contributed by atoms with Crippen LogP contribution in [-0.2, 0) is 0 Å². The van der Waals surface area contributed by atoms with Crippen LogP contribution in [-0.4, -0.2) is 15.5 Å². The van der Waals surface area contributed by atoms with Crippen molar-refractivity contribution >= 4 is 0 Å². The Balaban J connectivity index is 2.51. The van der Waals surface area contributed by atoms with Crippen molar-refractivity contribution in [3.8, 4) is 17.2 Å². The Morgan fingerprint density at radius 3 is 2.50 bits per heavy atom. The van der Waals surface area contributed by atoms with Gasteiger partial charge >= 0.3 is 0 Å². The van der Waals surface area contributed by atoms with E-state index < -0.39 is 0 Å². The largest absolute Gasteiger partial charge is 0.489 e. The zero-order valence-corrected chi connectivity index (χ0v) is 6.14. The maximum atomic E-state index is 9.14. The van der Waals surface area contributed by atoms with Crippen LogP contribution < -0.4 is 0 Å². The normalized spacial score (nSPS) is 10.0. The van der Waals surface area contributed by atoms with E-state index in [1.165, 1.54) is 0 Å². The van der Waals surface area contributed by atoms with Crippen LogP contribution in [0, 0.1) is 0 Å². The van der Waals surface area contributed by atoms with Gasteiger partial charge in [0.15, 0.2) is 0 Å². The molecule has 0 aliphatic carbocycles. The summed E-state index contributed by atoms with van der Waals surface area (Å²) in [5.74, 6) is 0.122. The summed E-state index contributed by atoms with van der Waals surface area (Å²) in [4.78, 5) is 0. The molecular weight excluding hydrogens is 156 g/mol. The minimum atomic E-state index is -0.179. The second kappa shape index (κ2) is 2.65. The lowest BCUT2D eigenvalue weighted by molar-refractivity contribution is 0.403. The van der Waals surface area contributed by atoms with Crippen molar-refractivity contribution in [2.75, 3.05) is 0 Å². The number of benzene rings is 1. The van der Waals surface area contributed by atoms with Crippen LogP contribution in [0.1, 0.15) is 0 Å². The number of nitrogens with zero attached hydrogens (tertiary/aromatic N) is 2. The molecule has 2 aromatic rings. The van der Waals surface area contributed by atoms with E-state index in [0.29, 0.717) is 5.76 Å². The highest BCUT2D eigenvalue weighted by Crippen LogP contribution is 2.25. The molecule has 0 radical (unpaired) electrons. The van der Waals surface area contributed by atoms with Gasteiger partial charge in [-0.05, 0) is 0 Å². The van der Waals surface area contributed by atoms with Crippen LogP contribution in [0.15, 0.2) is 34.9 Å². The molecule has 0 atom stereocenters. The lowest BCUT2D eigenvalue weighted by Crippen LogP contribution is -1.72. The van der Waals surface area contributed by atoms with Crippen LogP contribution >= 0.6 is 0 Å². The second-order valence-corrected chi connectivity index (χ2v) is 2.29. The van der Waals surface area contributed by atoms with Crippen LogP contribution in [0.2, 0.25) is 0 Å². The molecule has 1 aromatic carbocycles. The first-order chi connectivity index (χ1) is 5.88. The van der Waals surface area contributed by atoms with Gasteiger partial charge in [-0.3, -0.25) is 0 Å². The fourth-order valence-electron chi connectivity index (χ4n) is 0.957. The summed E-state index contributed by atoms with van der Waals surface area (Å²) in [6.45, 7) is 0. The Morgan fingerprint density at radius 2 is 1.92 bits per heavy atom. The molecule has 0 saturated carbocycles. The third-order valence-corrected chi connectivity index (χ3v) is 1.51. The number of hydrogen-bond acceptors (Lipinski definition) is 4. The Kier molecular flexibility index (Phi) is 1.51. The van der Waals surface area contributed by atoms with Gasteiger partial charge in [0.25, 0.3) is 5.88 Å². The van der Waals surface area contributed by atoms with Gasteiger partial charge in [-0.2, -0.15) is 0 Å². The topological polar surface area (TPSA) is 59.2 Å². The SMILES string of the molecule is Oc1nnoc1-c1ccccc1. The van der Waals surface area contributed by atoms with E-state index in [1.54, 1.807) is 0 Å². The molecule has 0 spiro atoms. The lowest BCUT2D eigenvalue weighted by Gasteiger charge is -1.91. The molecule has 0 saturated heterocycles. The van der Waals surface area contributed by atoms with E-state index in [9.17, 15) is 0 Å². The van der Waals surface area contributed by atoms with E-state index in [-0.39, 0.29) is 5.88 Å². The predicted octanol–water partition coefficient (Wildman–Crippen LogP) is 1.44. The Labute approximate surface area is 68.4 Å². The van der Waals surface area contributed by atoms with Gasteiger partial charge in [-0.15, -0.1) is 0 Å². The molecule has 0 aliphatic heterocycles. The fourth-order valence-corrected chi connectivity index (χ4v) is 0.957. The summed E-state index contributed by atoms with van der Waals surface area (Å²) in [5, 5.41) is 15.7. The van der Waals surface area contributed by atoms with E-state index >= 15 is 0 Å². The molecule has 0 amide bonds. The quantitative estimate of drug-likeness (QED) is 0.689. The second-order valence-electron chi connectivity index (χ2n) is 2.29. The zero-order chi connectivity index (χ0) is 8.39. The van der Waals surface area contributed by atoms with E-state index in [0.717, 1.165) is 5.56 Å². The van der Waals surface area contributed by atoms with Gasteiger partial charge in [0.2, 0.25) is 5.76 Å². The Hall–Kier alpha value is -1.84. The molecule has 0 bridgehead atoms. The summed E-state index contributed by atoms with van der Waals surface area (Å²) in [5.41, 5.74) is 0.764. The highest BCUT2D eigenvalue weighted by atomic mass is 16.5. The van der Waals surface area contributed by atoms with Gasteiger partial charge in [-0.1, -0.05) is 35.4 Å². The zero-order valence-electron chi connectivity index (χ0n) is 6.14. The Morgan fingerprint density at radius 1 is 1.17 bits per heavy atom. The van der Waals surface area contributed by atoms with Crippen molar-refractivity contribution in [3.63, 3.8) is 0 Å². The van der Waals surface area contributed by atoms with Gasteiger partial charge in [0.05, 0.1) is 0 Å². The highest BCUT2D eigenvalue weighted by molar-refractivity contribution is 5.60. The lowest BCUT2D eigenvalue weighted by atomic mass is 10.2. The molecule has 1 N–H and O–H groups in total. The van der Waals surface area contributed by atoms with Crippen molar-refractivity contribution < 1.29 is 9.63 Å². The van der Waals surface area contributed by atoms with Crippen LogP contribution in [0.25, 0.3) is 11.3 Å². The number of rotatable bonds is 1.